The summed E-state index contributed by atoms with van der Waals surface area (Å²) in [7, 11) is -0.266. The van der Waals surface area contributed by atoms with Crippen LogP contribution in [-0.2, 0) is 25.9 Å². The molecule has 0 fully saturated rings. The lowest BCUT2D eigenvalue weighted by atomic mass is 10.0. The van der Waals surface area contributed by atoms with Gasteiger partial charge in [-0.2, -0.15) is 0 Å². The van der Waals surface area contributed by atoms with Gasteiger partial charge in [0.05, 0.1) is 23.4 Å². The van der Waals surface area contributed by atoms with E-state index >= 15 is 0 Å². The molecule has 2 aromatic carbocycles. The van der Waals surface area contributed by atoms with E-state index in [1.165, 1.54) is 14.2 Å². The Kier molecular flexibility index (Phi) is 8.97. The average molecular weight is 465 g/mol. The molecule has 0 unspecified atom stereocenters. The number of benzene rings is 2. The molecular weight excluding hydrogens is 432 g/mol. The lowest BCUT2D eigenvalue weighted by Crippen LogP contribution is -2.35. The fraction of sp³-hybridized carbons (Fsp3) is 0.435. The number of nitrogens with two attached hydrogens (primary N) is 1. The first-order chi connectivity index (χ1) is 14.8. The molecule has 0 aromatic heterocycles. The van der Waals surface area contributed by atoms with Crippen LogP contribution in [0, 0.1) is 0 Å². The van der Waals surface area contributed by atoms with E-state index in [-0.39, 0.29) is 11.7 Å². The molecule has 3 rings (SSSR count). The number of para-hydroxylation sites is 1. The maximum atomic E-state index is 12.3. The van der Waals surface area contributed by atoms with Crippen LogP contribution in [0.5, 0.6) is 0 Å². The number of carbonyl (C=O) groups is 1. The Labute approximate surface area is 190 Å². The summed E-state index contributed by atoms with van der Waals surface area (Å²) in [4.78, 5) is 15.8. The SMILES string of the molecule is CCC(CC)(Sc1ccc(CN2CCS(=O)(=O)c3ccccc32)cc1)C(=O)OC.CN. The van der Waals surface area contributed by atoms with Crippen LogP contribution in [0.1, 0.15) is 32.3 Å². The second kappa shape index (κ2) is 11.0. The summed E-state index contributed by atoms with van der Waals surface area (Å²) in [6.07, 6.45) is 1.39. The summed E-state index contributed by atoms with van der Waals surface area (Å²) in [6, 6.07) is 15.3. The minimum absolute atomic E-state index is 0.132. The Balaban J connectivity index is 0.00000166. The van der Waals surface area contributed by atoms with Crippen molar-refractivity contribution in [3.8, 4) is 0 Å². The molecule has 0 aliphatic carbocycles. The molecule has 0 radical (unpaired) electrons. The number of thioether (sulfide) groups is 1. The van der Waals surface area contributed by atoms with Gasteiger partial charge in [-0.1, -0.05) is 38.1 Å². The predicted molar refractivity (Wildman–Crippen MR) is 127 cm³/mol. The molecule has 0 atom stereocenters. The molecule has 0 amide bonds. The molecule has 0 bridgehead atoms. The van der Waals surface area contributed by atoms with Crippen LogP contribution in [0.15, 0.2) is 58.3 Å². The van der Waals surface area contributed by atoms with E-state index < -0.39 is 14.6 Å². The second-order valence-electron chi connectivity index (χ2n) is 7.15. The van der Waals surface area contributed by atoms with Gasteiger partial charge in [-0.15, -0.1) is 11.8 Å². The van der Waals surface area contributed by atoms with Gasteiger partial charge in [0.15, 0.2) is 9.84 Å². The highest BCUT2D eigenvalue weighted by Gasteiger charge is 2.37. The van der Waals surface area contributed by atoms with Crippen molar-refractivity contribution >= 4 is 33.3 Å². The lowest BCUT2D eigenvalue weighted by Gasteiger charge is -2.31. The summed E-state index contributed by atoms with van der Waals surface area (Å²) in [6.45, 7) is 5.13. The maximum absolute atomic E-state index is 12.3. The number of rotatable bonds is 7. The van der Waals surface area contributed by atoms with E-state index in [0.29, 0.717) is 30.8 Å². The van der Waals surface area contributed by atoms with Crippen molar-refractivity contribution in [3.05, 3.63) is 54.1 Å². The highest BCUT2D eigenvalue weighted by Crippen LogP contribution is 2.39. The van der Waals surface area contributed by atoms with E-state index in [0.717, 1.165) is 16.1 Å². The van der Waals surface area contributed by atoms with Crippen molar-refractivity contribution in [2.75, 3.05) is 31.4 Å². The standard InChI is InChI=1S/C22H27NO4S2.CH5N/c1-4-22(5-2,21(24)27-3)28-18-12-10-17(11-13-18)16-23-14-15-29(25,26)20-9-7-6-8-19(20)23;1-2/h6-13H,4-5,14-16H2,1-3H3;2H2,1H3. The first-order valence-corrected chi connectivity index (χ1v) is 12.8. The molecule has 0 saturated heterocycles. The summed E-state index contributed by atoms with van der Waals surface area (Å²) in [5, 5.41) is 0. The van der Waals surface area contributed by atoms with Crippen LogP contribution in [0.2, 0.25) is 0 Å². The number of carbonyl (C=O) groups excluding carboxylic acids is 1. The Morgan fingerprint density at radius 2 is 1.71 bits per heavy atom. The van der Waals surface area contributed by atoms with Gasteiger partial charge in [0.1, 0.15) is 4.75 Å². The molecule has 1 aliphatic rings. The van der Waals surface area contributed by atoms with Gasteiger partial charge in [-0.05, 0) is 49.7 Å². The monoisotopic (exact) mass is 464 g/mol. The molecule has 1 aliphatic heterocycles. The lowest BCUT2D eigenvalue weighted by molar-refractivity contribution is -0.143. The van der Waals surface area contributed by atoms with Crippen molar-refractivity contribution < 1.29 is 17.9 Å². The van der Waals surface area contributed by atoms with E-state index in [2.05, 4.69) is 10.6 Å². The fourth-order valence-electron chi connectivity index (χ4n) is 3.63. The third-order valence-electron chi connectivity index (χ3n) is 5.48. The summed E-state index contributed by atoms with van der Waals surface area (Å²) in [5.74, 6) is -0.0604. The summed E-state index contributed by atoms with van der Waals surface area (Å²) in [5.41, 5.74) is 6.36. The normalized spacial score (nSPS) is 14.8. The Hall–Kier alpha value is -2.03. The van der Waals surface area contributed by atoms with Crippen molar-refractivity contribution in [2.24, 2.45) is 5.73 Å². The van der Waals surface area contributed by atoms with Crippen LogP contribution in [0.25, 0.3) is 0 Å². The molecule has 0 saturated carbocycles. The largest absolute Gasteiger partial charge is 0.468 e. The number of nitrogens with zero attached hydrogens (tertiary/aromatic N) is 1. The van der Waals surface area contributed by atoms with Gasteiger partial charge in [-0.3, -0.25) is 4.79 Å². The zero-order valence-corrected chi connectivity index (χ0v) is 20.3. The zero-order chi connectivity index (χ0) is 23.1. The van der Waals surface area contributed by atoms with E-state index in [9.17, 15) is 13.2 Å². The highest BCUT2D eigenvalue weighted by molar-refractivity contribution is 8.01. The van der Waals surface area contributed by atoms with E-state index in [1.807, 2.05) is 50.2 Å². The molecular formula is C23H32N2O4S2. The zero-order valence-electron chi connectivity index (χ0n) is 18.6. The first-order valence-electron chi connectivity index (χ1n) is 10.4. The van der Waals surface area contributed by atoms with Crippen molar-refractivity contribution in [3.63, 3.8) is 0 Å². The predicted octanol–water partition coefficient (Wildman–Crippen LogP) is 3.88. The molecule has 170 valence electrons. The summed E-state index contributed by atoms with van der Waals surface area (Å²) >= 11 is 1.54. The second-order valence-corrected chi connectivity index (χ2v) is 10.7. The van der Waals surface area contributed by atoms with Gasteiger partial charge >= 0.3 is 5.97 Å². The molecule has 2 aromatic rings. The van der Waals surface area contributed by atoms with Crippen LogP contribution >= 0.6 is 11.8 Å². The van der Waals surface area contributed by atoms with Gasteiger partial charge < -0.3 is 15.4 Å². The van der Waals surface area contributed by atoms with Crippen LogP contribution in [-0.4, -0.2) is 45.6 Å². The van der Waals surface area contributed by atoms with E-state index in [1.54, 1.807) is 23.9 Å². The average Bonchev–Trinajstić information content (AvgIpc) is 2.81. The number of hydrogen-bond donors (Lipinski definition) is 1. The number of hydrogen-bond acceptors (Lipinski definition) is 7. The topological polar surface area (TPSA) is 89.7 Å². The molecule has 2 N–H and O–H groups in total. The quantitative estimate of drug-likeness (QED) is 0.491. The molecule has 1 heterocycles. The molecule has 31 heavy (non-hydrogen) atoms. The smallest absolute Gasteiger partial charge is 0.322 e. The van der Waals surface area contributed by atoms with Crippen molar-refractivity contribution in [2.45, 2.75) is 47.8 Å². The molecule has 8 heteroatoms. The minimum Gasteiger partial charge on any atom is -0.468 e. The van der Waals surface area contributed by atoms with Crippen LogP contribution in [0.3, 0.4) is 0 Å². The Morgan fingerprint density at radius 3 is 2.29 bits per heavy atom. The Morgan fingerprint density at radius 1 is 1.10 bits per heavy atom. The van der Waals surface area contributed by atoms with Gasteiger partial charge in [-0.25, -0.2) is 8.42 Å². The summed E-state index contributed by atoms with van der Waals surface area (Å²) < 4.78 is 29.1. The van der Waals surface area contributed by atoms with Gasteiger partial charge in [0, 0.05) is 18.0 Å². The van der Waals surface area contributed by atoms with Crippen LogP contribution < -0.4 is 10.6 Å². The number of esters is 1. The fourth-order valence-corrected chi connectivity index (χ4v) is 6.29. The van der Waals surface area contributed by atoms with Gasteiger partial charge in [0.2, 0.25) is 0 Å². The minimum atomic E-state index is -3.20. The van der Waals surface area contributed by atoms with Crippen LogP contribution in [0.4, 0.5) is 5.69 Å². The number of methoxy groups -OCH3 is 1. The number of anilines is 1. The van der Waals surface area contributed by atoms with Gasteiger partial charge in [0.25, 0.3) is 0 Å². The number of sulfone groups is 1. The molecule has 6 nitrogen and oxygen atoms in total. The number of fused-ring (bicyclic) bond motifs is 1. The van der Waals surface area contributed by atoms with Crippen molar-refractivity contribution in [1.82, 2.24) is 0 Å². The molecule has 0 spiro atoms. The van der Waals surface area contributed by atoms with Crippen molar-refractivity contribution in [1.29, 1.82) is 0 Å². The Bertz CT molecular complexity index is 971. The number of ether oxygens (including phenoxy) is 1. The third kappa shape index (κ3) is 5.61. The first kappa shape index (κ1) is 25.2. The third-order valence-corrected chi connectivity index (χ3v) is 8.86. The van der Waals surface area contributed by atoms with E-state index in [4.69, 9.17) is 4.74 Å². The maximum Gasteiger partial charge on any atom is 0.322 e. The highest BCUT2D eigenvalue weighted by atomic mass is 32.2.